The smallest absolute Gasteiger partial charge is 0.123 e. The van der Waals surface area contributed by atoms with Crippen LogP contribution in [0.3, 0.4) is 0 Å². The number of phenolic OH excluding ortho intramolecular Hbond substituents is 1. The molecule has 20 heavy (non-hydrogen) atoms. The largest absolute Gasteiger partial charge is 0.507 e. The molecule has 0 saturated carbocycles. The SMILES string of the molecule is C=C/C=C\C1=C(C)c2c(cc(O)c(/C=C\C=C)c2C)C1. The van der Waals surface area contributed by atoms with Crippen molar-refractivity contribution in [1.29, 1.82) is 0 Å². The molecule has 1 aliphatic carbocycles. The summed E-state index contributed by atoms with van der Waals surface area (Å²) in [7, 11) is 0. The third-order valence-electron chi connectivity index (χ3n) is 3.76. The first-order valence-electron chi connectivity index (χ1n) is 6.74. The van der Waals surface area contributed by atoms with Crippen LogP contribution in [0.4, 0.5) is 0 Å². The van der Waals surface area contributed by atoms with Gasteiger partial charge in [0.25, 0.3) is 0 Å². The number of rotatable bonds is 4. The van der Waals surface area contributed by atoms with Crippen molar-refractivity contribution in [2.75, 3.05) is 0 Å². The third kappa shape index (κ3) is 2.39. The standard InChI is InChI=1S/C19H20O/c1-5-7-9-15-11-16-12-18(20)17(10-8-6-2)14(4)19(16)13(15)3/h5-10,12,20H,1-2,11H2,3-4H3/b9-7-,10-8-. The van der Waals surface area contributed by atoms with E-state index >= 15 is 0 Å². The van der Waals surface area contributed by atoms with Gasteiger partial charge in [-0.1, -0.05) is 49.6 Å². The highest BCUT2D eigenvalue weighted by molar-refractivity contribution is 5.83. The highest BCUT2D eigenvalue weighted by atomic mass is 16.3. The minimum Gasteiger partial charge on any atom is -0.507 e. The molecule has 0 amide bonds. The van der Waals surface area contributed by atoms with E-state index in [9.17, 15) is 5.11 Å². The van der Waals surface area contributed by atoms with Gasteiger partial charge in [-0.3, -0.25) is 0 Å². The van der Waals surface area contributed by atoms with Gasteiger partial charge in [0.2, 0.25) is 0 Å². The Kier molecular flexibility index (Phi) is 4.09. The van der Waals surface area contributed by atoms with Crippen LogP contribution in [-0.4, -0.2) is 5.11 Å². The first kappa shape index (κ1) is 14.1. The van der Waals surface area contributed by atoms with Gasteiger partial charge in [-0.05, 0) is 54.2 Å². The summed E-state index contributed by atoms with van der Waals surface area (Å²) in [6, 6.07) is 1.88. The molecule has 1 aromatic rings. The van der Waals surface area contributed by atoms with E-state index in [4.69, 9.17) is 0 Å². The second-order valence-corrected chi connectivity index (χ2v) is 4.99. The van der Waals surface area contributed by atoms with Crippen LogP contribution in [0.2, 0.25) is 0 Å². The Hall–Kier alpha value is -2.28. The van der Waals surface area contributed by atoms with Gasteiger partial charge in [0, 0.05) is 5.56 Å². The van der Waals surface area contributed by atoms with Gasteiger partial charge in [-0.2, -0.15) is 0 Å². The molecule has 0 spiro atoms. The summed E-state index contributed by atoms with van der Waals surface area (Å²) in [6.07, 6.45) is 12.2. The van der Waals surface area contributed by atoms with Gasteiger partial charge in [0.15, 0.2) is 0 Å². The van der Waals surface area contributed by atoms with Gasteiger partial charge in [0.1, 0.15) is 5.75 Å². The molecule has 102 valence electrons. The summed E-state index contributed by atoms with van der Waals surface area (Å²) in [5.41, 5.74) is 7.01. The second kappa shape index (κ2) is 5.79. The highest BCUT2D eigenvalue weighted by Gasteiger charge is 2.21. The number of hydrogen-bond acceptors (Lipinski definition) is 1. The Bertz CT molecular complexity index is 655. The number of fused-ring (bicyclic) bond motifs is 1. The van der Waals surface area contributed by atoms with Crippen LogP contribution in [0.25, 0.3) is 11.6 Å². The molecule has 0 atom stereocenters. The van der Waals surface area contributed by atoms with E-state index in [0.29, 0.717) is 5.75 Å². The van der Waals surface area contributed by atoms with Crippen LogP contribution in [0.5, 0.6) is 5.75 Å². The van der Waals surface area contributed by atoms with Gasteiger partial charge < -0.3 is 5.11 Å². The lowest BCUT2D eigenvalue weighted by Crippen LogP contribution is -1.93. The lowest BCUT2D eigenvalue weighted by Gasteiger charge is -2.12. The normalized spacial score (nSPS) is 14.3. The van der Waals surface area contributed by atoms with Crippen LogP contribution >= 0.6 is 0 Å². The molecule has 0 bridgehead atoms. The van der Waals surface area contributed by atoms with Crippen LogP contribution in [0, 0.1) is 6.92 Å². The second-order valence-electron chi connectivity index (χ2n) is 4.99. The van der Waals surface area contributed by atoms with E-state index in [2.05, 4.69) is 33.1 Å². The van der Waals surface area contributed by atoms with Gasteiger partial charge >= 0.3 is 0 Å². The van der Waals surface area contributed by atoms with Crippen molar-refractivity contribution >= 4 is 11.6 Å². The Balaban J connectivity index is 2.58. The Labute approximate surface area is 121 Å². The van der Waals surface area contributed by atoms with E-state index in [0.717, 1.165) is 17.5 Å². The van der Waals surface area contributed by atoms with E-state index in [1.807, 2.05) is 24.3 Å². The van der Waals surface area contributed by atoms with Crippen molar-refractivity contribution in [3.8, 4) is 5.75 Å². The number of allylic oxidation sites excluding steroid dienone is 7. The quantitative estimate of drug-likeness (QED) is 0.761. The fourth-order valence-electron chi connectivity index (χ4n) is 2.79. The van der Waals surface area contributed by atoms with E-state index in [1.54, 1.807) is 12.2 Å². The first-order valence-corrected chi connectivity index (χ1v) is 6.74. The lowest BCUT2D eigenvalue weighted by atomic mass is 9.94. The molecule has 0 aliphatic heterocycles. The minimum absolute atomic E-state index is 0.334. The average Bonchev–Trinajstić information content (AvgIpc) is 2.72. The molecule has 1 heteroatoms. The van der Waals surface area contributed by atoms with E-state index < -0.39 is 0 Å². The first-order chi connectivity index (χ1) is 9.60. The molecule has 0 radical (unpaired) electrons. The molecule has 1 nitrogen and oxygen atoms in total. The van der Waals surface area contributed by atoms with Gasteiger partial charge in [-0.15, -0.1) is 0 Å². The average molecular weight is 264 g/mol. The zero-order valence-electron chi connectivity index (χ0n) is 12.1. The van der Waals surface area contributed by atoms with Crippen LogP contribution < -0.4 is 0 Å². The zero-order valence-corrected chi connectivity index (χ0v) is 12.1. The molecule has 2 rings (SSSR count). The molecule has 1 aromatic carbocycles. The van der Waals surface area contributed by atoms with Crippen molar-refractivity contribution in [1.82, 2.24) is 0 Å². The van der Waals surface area contributed by atoms with E-state index in [1.165, 1.54) is 22.3 Å². The highest BCUT2D eigenvalue weighted by Crippen LogP contribution is 2.40. The van der Waals surface area contributed by atoms with Gasteiger partial charge in [-0.25, -0.2) is 0 Å². The van der Waals surface area contributed by atoms with Crippen LogP contribution in [0.15, 0.2) is 55.2 Å². The summed E-state index contributed by atoms with van der Waals surface area (Å²) in [5, 5.41) is 10.2. The van der Waals surface area contributed by atoms with Gasteiger partial charge in [0.05, 0.1) is 0 Å². The molecular formula is C19H20O. The van der Waals surface area contributed by atoms with Crippen LogP contribution in [-0.2, 0) is 6.42 Å². The fraction of sp³-hybridized carbons (Fsp3) is 0.158. The zero-order chi connectivity index (χ0) is 14.7. The summed E-state index contributed by atoms with van der Waals surface area (Å²) in [4.78, 5) is 0. The molecule has 1 N–H and O–H groups in total. The molecule has 0 unspecified atom stereocenters. The third-order valence-corrected chi connectivity index (χ3v) is 3.76. The molecule has 1 aliphatic rings. The molecule has 0 aromatic heterocycles. The Morgan fingerprint density at radius 2 is 1.75 bits per heavy atom. The fourth-order valence-corrected chi connectivity index (χ4v) is 2.79. The van der Waals surface area contributed by atoms with Crippen molar-refractivity contribution in [3.05, 3.63) is 77.4 Å². The monoisotopic (exact) mass is 264 g/mol. The Morgan fingerprint density at radius 3 is 2.40 bits per heavy atom. The maximum absolute atomic E-state index is 10.2. The Morgan fingerprint density at radius 1 is 1.10 bits per heavy atom. The molecule has 0 heterocycles. The van der Waals surface area contributed by atoms with Crippen molar-refractivity contribution < 1.29 is 5.11 Å². The predicted octanol–water partition coefficient (Wildman–Crippen LogP) is 4.97. The van der Waals surface area contributed by atoms with Crippen molar-refractivity contribution in [2.45, 2.75) is 20.3 Å². The molecular weight excluding hydrogens is 244 g/mol. The number of aromatic hydroxyl groups is 1. The summed E-state index contributed by atoms with van der Waals surface area (Å²) < 4.78 is 0. The minimum atomic E-state index is 0.334. The van der Waals surface area contributed by atoms with Crippen LogP contribution in [0.1, 0.15) is 29.2 Å². The number of phenols is 1. The summed E-state index contributed by atoms with van der Waals surface area (Å²) >= 11 is 0. The maximum Gasteiger partial charge on any atom is 0.123 e. The molecule has 0 fully saturated rings. The maximum atomic E-state index is 10.2. The topological polar surface area (TPSA) is 20.2 Å². The lowest BCUT2D eigenvalue weighted by molar-refractivity contribution is 0.473. The predicted molar refractivity (Wildman–Crippen MR) is 87.7 cm³/mol. The number of hydrogen-bond donors (Lipinski definition) is 1. The van der Waals surface area contributed by atoms with E-state index in [-0.39, 0.29) is 0 Å². The number of benzene rings is 1. The van der Waals surface area contributed by atoms with Crippen molar-refractivity contribution in [3.63, 3.8) is 0 Å². The molecule has 0 saturated heterocycles. The van der Waals surface area contributed by atoms with Crippen molar-refractivity contribution in [2.24, 2.45) is 0 Å². The summed E-state index contributed by atoms with van der Waals surface area (Å²) in [5.74, 6) is 0.334. The summed E-state index contributed by atoms with van der Waals surface area (Å²) in [6.45, 7) is 11.6.